The van der Waals surface area contributed by atoms with Crippen LogP contribution >= 0.6 is 23.2 Å². The highest BCUT2D eigenvalue weighted by Gasteiger charge is 2.27. The van der Waals surface area contributed by atoms with Crippen LogP contribution in [0, 0.1) is 0 Å². The van der Waals surface area contributed by atoms with E-state index in [9.17, 15) is 4.79 Å². The lowest BCUT2D eigenvalue weighted by molar-refractivity contribution is -0.130. The van der Waals surface area contributed by atoms with E-state index >= 15 is 0 Å². The van der Waals surface area contributed by atoms with Crippen LogP contribution in [-0.4, -0.2) is 46.5 Å². The van der Waals surface area contributed by atoms with Crippen LogP contribution in [0.3, 0.4) is 0 Å². The number of nitrogens with one attached hydrogen (secondary N) is 1. The Kier molecular flexibility index (Phi) is 6.13. The Morgan fingerprint density at radius 1 is 1.35 bits per heavy atom. The molecular weight excluding hydrogens is 375 g/mol. The maximum absolute atomic E-state index is 12.6. The van der Waals surface area contributed by atoms with Gasteiger partial charge < -0.3 is 10.2 Å². The van der Waals surface area contributed by atoms with E-state index in [-0.39, 0.29) is 18.5 Å². The van der Waals surface area contributed by atoms with Crippen molar-refractivity contribution < 1.29 is 4.79 Å². The average molecular weight is 395 g/mol. The van der Waals surface area contributed by atoms with Gasteiger partial charge in [0.05, 0.1) is 12.6 Å². The molecule has 0 spiro atoms. The molecule has 1 aliphatic heterocycles. The van der Waals surface area contributed by atoms with E-state index in [2.05, 4.69) is 15.3 Å². The van der Waals surface area contributed by atoms with Crippen molar-refractivity contribution in [3.05, 3.63) is 46.8 Å². The summed E-state index contributed by atoms with van der Waals surface area (Å²) in [7, 11) is 0. The highest BCUT2D eigenvalue weighted by atomic mass is 35.5. The molecule has 0 aliphatic carbocycles. The van der Waals surface area contributed by atoms with Gasteiger partial charge in [-0.15, -0.1) is 0 Å². The van der Waals surface area contributed by atoms with Gasteiger partial charge in [0.15, 0.2) is 0 Å². The summed E-state index contributed by atoms with van der Waals surface area (Å²) in [6.07, 6.45) is 4.90. The van der Waals surface area contributed by atoms with Crippen LogP contribution in [0.5, 0.6) is 0 Å². The van der Waals surface area contributed by atoms with E-state index in [4.69, 9.17) is 29.0 Å². The van der Waals surface area contributed by atoms with Gasteiger partial charge in [-0.2, -0.15) is 0 Å². The van der Waals surface area contributed by atoms with Crippen molar-refractivity contribution >= 4 is 40.6 Å². The zero-order valence-electron chi connectivity index (χ0n) is 14.1. The summed E-state index contributed by atoms with van der Waals surface area (Å²) in [6.45, 7) is 1.43. The first kappa shape index (κ1) is 18.7. The maximum atomic E-state index is 12.6. The van der Waals surface area contributed by atoms with Crippen LogP contribution in [-0.2, 0) is 4.79 Å². The molecule has 1 atom stereocenters. The topological polar surface area (TPSA) is 87.4 Å². The zero-order valence-corrected chi connectivity index (χ0v) is 15.6. The van der Waals surface area contributed by atoms with Gasteiger partial charge in [0.2, 0.25) is 5.91 Å². The largest absolute Gasteiger partial charge is 0.376 e. The number of aromatic nitrogens is 2. The SMILES string of the molecule is NN(c1ccncn1)[C@H]1CCCN(C(=O)CNc2cc(Cl)cc(Cl)c2)C1. The number of amides is 1. The van der Waals surface area contributed by atoms with Crippen molar-refractivity contribution in [1.29, 1.82) is 0 Å². The normalized spacial score (nSPS) is 17.0. The Labute approximate surface area is 162 Å². The molecule has 1 saturated heterocycles. The lowest BCUT2D eigenvalue weighted by Crippen LogP contribution is -2.53. The maximum Gasteiger partial charge on any atom is 0.241 e. The van der Waals surface area contributed by atoms with Crippen LogP contribution in [0.25, 0.3) is 0 Å². The van der Waals surface area contributed by atoms with E-state index < -0.39 is 0 Å². The molecule has 9 heteroatoms. The quantitative estimate of drug-likeness (QED) is 0.598. The molecule has 1 amide bonds. The molecule has 2 heterocycles. The number of nitrogens with zero attached hydrogens (tertiary/aromatic N) is 4. The van der Waals surface area contributed by atoms with E-state index in [0.29, 0.717) is 34.6 Å². The number of hydrogen-bond donors (Lipinski definition) is 2. The van der Waals surface area contributed by atoms with Gasteiger partial charge in [-0.05, 0) is 31.0 Å². The molecule has 7 nitrogen and oxygen atoms in total. The van der Waals surface area contributed by atoms with Crippen molar-refractivity contribution in [3.8, 4) is 0 Å². The molecule has 0 radical (unpaired) electrons. The lowest BCUT2D eigenvalue weighted by Gasteiger charge is -2.37. The summed E-state index contributed by atoms with van der Waals surface area (Å²) in [6, 6.07) is 6.88. The fourth-order valence-corrected chi connectivity index (χ4v) is 3.50. The minimum Gasteiger partial charge on any atom is -0.376 e. The number of benzene rings is 1. The van der Waals surface area contributed by atoms with E-state index in [1.54, 1.807) is 35.5 Å². The molecule has 138 valence electrons. The van der Waals surface area contributed by atoms with Gasteiger partial charge in [-0.3, -0.25) is 9.80 Å². The number of likely N-dealkylation sites (tertiary alicyclic amines) is 1. The first-order valence-corrected chi connectivity index (χ1v) is 9.06. The molecule has 1 aliphatic rings. The van der Waals surface area contributed by atoms with Gasteiger partial charge >= 0.3 is 0 Å². The summed E-state index contributed by atoms with van der Waals surface area (Å²) in [5.41, 5.74) is 0.714. The van der Waals surface area contributed by atoms with Crippen LogP contribution in [0.4, 0.5) is 11.5 Å². The predicted molar refractivity (Wildman–Crippen MR) is 103 cm³/mol. The number of carbonyl (C=O) groups excluding carboxylic acids is 1. The molecule has 1 aromatic carbocycles. The van der Waals surface area contributed by atoms with Gasteiger partial charge in [0, 0.05) is 41.1 Å². The molecule has 0 bridgehead atoms. The molecule has 26 heavy (non-hydrogen) atoms. The summed E-state index contributed by atoms with van der Waals surface area (Å²) >= 11 is 12.0. The second kappa shape index (κ2) is 8.53. The number of halogens is 2. The second-order valence-corrected chi connectivity index (χ2v) is 7.00. The third-order valence-electron chi connectivity index (χ3n) is 4.28. The minimum atomic E-state index is 0.00175. The van der Waals surface area contributed by atoms with Gasteiger partial charge in [-0.25, -0.2) is 15.8 Å². The number of hydrazine groups is 1. The van der Waals surface area contributed by atoms with Crippen LogP contribution in [0.2, 0.25) is 10.0 Å². The molecule has 3 N–H and O–H groups in total. The molecular formula is C17H20Cl2N6O. The second-order valence-electron chi connectivity index (χ2n) is 6.12. The number of piperidine rings is 1. The van der Waals surface area contributed by atoms with E-state index in [0.717, 1.165) is 12.8 Å². The first-order chi connectivity index (χ1) is 12.5. The average Bonchev–Trinajstić information content (AvgIpc) is 2.65. The number of carbonyl (C=O) groups is 1. The van der Waals surface area contributed by atoms with Crippen molar-refractivity contribution in [2.75, 3.05) is 30.0 Å². The van der Waals surface area contributed by atoms with Crippen molar-refractivity contribution in [2.24, 2.45) is 5.84 Å². The Hall–Kier alpha value is -2.09. The Morgan fingerprint density at radius 3 is 2.81 bits per heavy atom. The lowest BCUT2D eigenvalue weighted by atomic mass is 10.1. The van der Waals surface area contributed by atoms with Crippen molar-refractivity contribution in [2.45, 2.75) is 18.9 Å². The molecule has 0 unspecified atom stereocenters. The van der Waals surface area contributed by atoms with Crippen LogP contribution in [0.15, 0.2) is 36.8 Å². The van der Waals surface area contributed by atoms with Gasteiger partial charge in [0.25, 0.3) is 0 Å². The molecule has 1 aromatic heterocycles. The molecule has 0 saturated carbocycles. The Morgan fingerprint density at radius 2 is 2.12 bits per heavy atom. The van der Waals surface area contributed by atoms with Crippen molar-refractivity contribution in [3.63, 3.8) is 0 Å². The monoisotopic (exact) mass is 394 g/mol. The molecule has 2 aromatic rings. The highest BCUT2D eigenvalue weighted by Crippen LogP contribution is 2.23. The fraction of sp³-hybridized carbons (Fsp3) is 0.353. The summed E-state index contributed by atoms with van der Waals surface area (Å²) in [5, 5.41) is 5.73. The third-order valence-corrected chi connectivity index (χ3v) is 4.72. The minimum absolute atomic E-state index is 0.00175. The zero-order chi connectivity index (χ0) is 18.5. The van der Waals surface area contributed by atoms with Crippen LogP contribution < -0.4 is 16.2 Å². The van der Waals surface area contributed by atoms with E-state index in [1.165, 1.54) is 6.33 Å². The van der Waals surface area contributed by atoms with Crippen molar-refractivity contribution in [1.82, 2.24) is 14.9 Å². The number of rotatable bonds is 5. The first-order valence-electron chi connectivity index (χ1n) is 8.30. The summed E-state index contributed by atoms with van der Waals surface area (Å²) in [5.74, 6) is 6.84. The molecule has 3 rings (SSSR count). The highest BCUT2D eigenvalue weighted by molar-refractivity contribution is 6.35. The fourth-order valence-electron chi connectivity index (χ4n) is 2.98. The van der Waals surface area contributed by atoms with Gasteiger partial charge in [-0.1, -0.05) is 23.2 Å². The Bertz CT molecular complexity index is 740. The van der Waals surface area contributed by atoms with Crippen LogP contribution in [0.1, 0.15) is 12.8 Å². The predicted octanol–water partition coefficient (Wildman–Crippen LogP) is 2.57. The van der Waals surface area contributed by atoms with E-state index in [1.807, 2.05) is 4.90 Å². The summed E-state index contributed by atoms with van der Waals surface area (Å²) < 4.78 is 0. The summed E-state index contributed by atoms with van der Waals surface area (Å²) in [4.78, 5) is 22.4. The van der Waals surface area contributed by atoms with Gasteiger partial charge in [0.1, 0.15) is 12.1 Å². The Balaban J connectivity index is 1.57. The third kappa shape index (κ3) is 4.75. The number of anilines is 2. The molecule has 1 fully saturated rings. The smallest absolute Gasteiger partial charge is 0.241 e. The number of nitrogens with two attached hydrogens (primary N) is 1. The standard InChI is InChI=1S/C17H20Cl2N6O/c18-12-6-13(19)8-14(7-12)22-9-17(26)24-5-1-2-15(10-24)25(20)16-3-4-21-11-23-16/h3-4,6-8,11,15,22H,1-2,5,9-10,20H2/t15-/m0/s1. The number of hydrogen-bond acceptors (Lipinski definition) is 6.